The summed E-state index contributed by atoms with van der Waals surface area (Å²) < 4.78 is 10.5. The van der Waals surface area contributed by atoms with E-state index >= 15 is 0 Å². The topological polar surface area (TPSA) is 89.5 Å². The van der Waals surface area contributed by atoms with E-state index in [0.29, 0.717) is 36.1 Å². The zero-order valence-electron chi connectivity index (χ0n) is 17.5. The Balaban J connectivity index is 1.43. The Kier molecular flexibility index (Phi) is 7.65. The highest BCUT2D eigenvalue weighted by molar-refractivity contribution is 5.97. The zero-order valence-corrected chi connectivity index (χ0v) is 17.5. The van der Waals surface area contributed by atoms with E-state index < -0.39 is 0 Å². The number of nitrogens with zero attached hydrogens (tertiary/aromatic N) is 1. The lowest BCUT2D eigenvalue weighted by atomic mass is 9.81. The van der Waals surface area contributed by atoms with Gasteiger partial charge in [0.1, 0.15) is 11.5 Å². The minimum absolute atomic E-state index is 0.0344. The highest BCUT2D eigenvalue weighted by Crippen LogP contribution is 2.29. The number of benzene rings is 1. The van der Waals surface area contributed by atoms with E-state index in [9.17, 15) is 9.59 Å². The van der Waals surface area contributed by atoms with Crippen molar-refractivity contribution in [1.82, 2.24) is 15.6 Å². The second kappa shape index (κ2) is 10.6. The summed E-state index contributed by atoms with van der Waals surface area (Å²) in [5, 5.41) is 6.01. The Morgan fingerprint density at radius 1 is 1.07 bits per heavy atom. The molecule has 0 unspecified atom stereocenters. The molecule has 1 aliphatic rings. The second-order valence-electron chi connectivity index (χ2n) is 7.57. The smallest absolute Gasteiger partial charge is 0.255 e. The summed E-state index contributed by atoms with van der Waals surface area (Å²) in [5.41, 5.74) is 1.45. The highest BCUT2D eigenvalue weighted by atomic mass is 16.5. The largest absolute Gasteiger partial charge is 0.497 e. The molecule has 7 heteroatoms. The first-order valence-electron chi connectivity index (χ1n) is 10.3. The van der Waals surface area contributed by atoms with Crippen molar-refractivity contribution >= 4 is 11.8 Å². The van der Waals surface area contributed by atoms with Crippen molar-refractivity contribution in [3.8, 4) is 11.5 Å². The van der Waals surface area contributed by atoms with E-state index in [4.69, 9.17) is 9.47 Å². The molecule has 2 aromatic rings. The van der Waals surface area contributed by atoms with Gasteiger partial charge in [0.2, 0.25) is 5.91 Å². The van der Waals surface area contributed by atoms with Crippen LogP contribution in [0.25, 0.3) is 0 Å². The van der Waals surface area contributed by atoms with E-state index in [0.717, 1.165) is 31.2 Å². The molecule has 1 aromatic carbocycles. The van der Waals surface area contributed by atoms with Gasteiger partial charge in [-0.1, -0.05) is 6.07 Å². The van der Waals surface area contributed by atoms with Crippen LogP contribution in [0.3, 0.4) is 0 Å². The standard InChI is InChI=1S/C23H29N3O4/c1-29-19-9-10-21(30-2)20(12-19)23(28)26-14-16-5-7-18(8-6-16)22(27)25-15-17-4-3-11-24-13-17/h3-4,9-13,16,18H,5-8,14-15H2,1-2H3,(H,25,27)(H,26,28). The van der Waals surface area contributed by atoms with Gasteiger partial charge in [-0.2, -0.15) is 0 Å². The molecule has 0 radical (unpaired) electrons. The number of carbonyl (C=O) groups is 2. The maximum Gasteiger partial charge on any atom is 0.255 e. The molecule has 2 N–H and O–H groups in total. The number of aromatic nitrogens is 1. The monoisotopic (exact) mass is 411 g/mol. The van der Waals surface area contributed by atoms with Gasteiger partial charge >= 0.3 is 0 Å². The quantitative estimate of drug-likeness (QED) is 0.697. The maximum absolute atomic E-state index is 12.6. The molecule has 0 atom stereocenters. The van der Waals surface area contributed by atoms with Gasteiger partial charge in [-0.05, 0) is 61.4 Å². The number of hydrogen-bond donors (Lipinski definition) is 2. The number of amides is 2. The van der Waals surface area contributed by atoms with Gasteiger partial charge in [-0.25, -0.2) is 0 Å². The first kappa shape index (κ1) is 21.6. The van der Waals surface area contributed by atoms with Crippen LogP contribution in [0.2, 0.25) is 0 Å². The maximum atomic E-state index is 12.6. The molecule has 0 bridgehead atoms. The number of hydrogen-bond acceptors (Lipinski definition) is 5. The van der Waals surface area contributed by atoms with Gasteiger partial charge < -0.3 is 20.1 Å². The first-order chi connectivity index (χ1) is 14.6. The third kappa shape index (κ3) is 5.72. The Hall–Kier alpha value is -3.09. The summed E-state index contributed by atoms with van der Waals surface area (Å²) in [4.78, 5) is 29.1. The molecule has 160 valence electrons. The molecule has 1 heterocycles. The third-order valence-corrected chi connectivity index (χ3v) is 5.61. The Labute approximate surface area is 177 Å². The minimum Gasteiger partial charge on any atom is -0.497 e. The van der Waals surface area contributed by atoms with Crippen molar-refractivity contribution in [2.75, 3.05) is 20.8 Å². The van der Waals surface area contributed by atoms with Crippen molar-refractivity contribution in [3.05, 3.63) is 53.9 Å². The van der Waals surface area contributed by atoms with Crippen LogP contribution in [0.4, 0.5) is 0 Å². The van der Waals surface area contributed by atoms with Gasteiger partial charge in [-0.15, -0.1) is 0 Å². The molecule has 1 aromatic heterocycles. The Morgan fingerprint density at radius 3 is 2.53 bits per heavy atom. The average Bonchev–Trinajstić information content (AvgIpc) is 2.81. The summed E-state index contributed by atoms with van der Waals surface area (Å²) in [5.74, 6) is 1.45. The molecular formula is C23H29N3O4. The van der Waals surface area contributed by atoms with E-state index in [1.807, 2.05) is 12.1 Å². The number of methoxy groups -OCH3 is 2. The zero-order chi connectivity index (χ0) is 21.3. The molecule has 1 aliphatic carbocycles. The molecule has 3 rings (SSSR count). The number of carbonyl (C=O) groups excluding carboxylic acids is 2. The van der Waals surface area contributed by atoms with E-state index in [1.165, 1.54) is 0 Å². The summed E-state index contributed by atoms with van der Waals surface area (Å²) in [6.07, 6.45) is 6.98. The van der Waals surface area contributed by atoms with E-state index in [1.54, 1.807) is 44.8 Å². The Bertz CT molecular complexity index is 849. The molecule has 2 amide bonds. The molecular weight excluding hydrogens is 382 g/mol. The Morgan fingerprint density at radius 2 is 1.87 bits per heavy atom. The van der Waals surface area contributed by atoms with E-state index in [2.05, 4.69) is 15.6 Å². The predicted octanol–water partition coefficient (Wildman–Crippen LogP) is 2.95. The van der Waals surface area contributed by atoms with Crippen LogP contribution in [-0.4, -0.2) is 37.6 Å². The number of rotatable bonds is 8. The van der Waals surface area contributed by atoms with Gasteiger partial charge in [-0.3, -0.25) is 14.6 Å². The molecule has 7 nitrogen and oxygen atoms in total. The molecule has 30 heavy (non-hydrogen) atoms. The number of nitrogens with one attached hydrogen (secondary N) is 2. The van der Waals surface area contributed by atoms with Crippen LogP contribution in [0, 0.1) is 11.8 Å². The van der Waals surface area contributed by atoms with Crippen molar-refractivity contribution in [2.45, 2.75) is 32.2 Å². The van der Waals surface area contributed by atoms with Crippen LogP contribution >= 0.6 is 0 Å². The normalized spacial score (nSPS) is 18.3. The van der Waals surface area contributed by atoms with Crippen LogP contribution in [0.5, 0.6) is 11.5 Å². The van der Waals surface area contributed by atoms with Crippen molar-refractivity contribution < 1.29 is 19.1 Å². The number of pyridine rings is 1. The summed E-state index contributed by atoms with van der Waals surface area (Å²) >= 11 is 0. The van der Waals surface area contributed by atoms with Crippen molar-refractivity contribution in [2.24, 2.45) is 11.8 Å². The van der Waals surface area contributed by atoms with Crippen LogP contribution in [0.1, 0.15) is 41.6 Å². The summed E-state index contributed by atoms with van der Waals surface area (Å²) in [7, 11) is 3.11. The summed E-state index contributed by atoms with van der Waals surface area (Å²) in [6.45, 7) is 1.09. The van der Waals surface area contributed by atoms with Crippen LogP contribution in [-0.2, 0) is 11.3 Å². The molecule has 1 fully saturated rings. The predicted molar refractivity (Wildman–Crippen MR) is 113 cm³/mol. The lowest BCUT2D eigenvalue weighted by Crippen LogP contribution is -2.36. The summed E-state index contributed by atoms with van der Waals surface area (Å²) in [6, 6.07) is 8.98. The fourth-order valence-electron chi connectivity index (χ4n) is 3.79. The van der Waals surface area contributed by atoms with E-state index in [-0.39, 0.29) is 17.7 Å². The third-order valence-electron chi connectivity index (χ3n) is 5.61. The van der Waals surface area contributed by atoms with Gasteiger partial charge in [0, 0.05) is 31.4 Å². The fourth-order valence-corrected chi connectivity index (χ4v) is 3.79. The lowest BCUT2D eigenvalue weighted by Gasteiger charge is -2.28. The van der Waals surface area contributed by atoms with Crippen molar-refractivity contribution in [1.29, 1.82) is 0 Å². The average molecular weight is 412 g/mol. The second-order valence-corrected chi connectivity index (χ2v) is 7.57. The lowest BCUT2D eigenvalue weighted by molar-refractivity contribution is -0.126. The van der Waals surface area contributed by atoms with Crippen molar-refractivity contribution in [3.63, 3.8) is 0 Å². The number of ether oxygens (including phenoxy) is 2. The SMILES string of the molecule is COc1ccc(OC)c(C(=O)NCC2CCC(C(=O)NCc3cccnc3)CC2)c1. The van der Waals surface area contributed by atoms with Gasteiger partial charge in [0.25, 0.3) is 5.91 Å². The van der Waals surface area contributed by atoms with Gasteiger partial charge in [0.05, 0.1) is 19.8 Å². The fraction of sp³-hybridized carbons (Fsp3) is 0.435. The van der Waals surface area contributed by atoms with Crippen LogP contribution < -0.4 is 20.1 Å². The molecule has 0 spiro atoms. The molecule has 0 saturated heterocycles. The van der Waals surface area contributed by atoms with Crippen LogP contribution in [0.15, 0.2) is 42.7 Å². The first-order valence-corrected chi connectivity index (χ1v) is 10.3. The molecule has 1 saturated carbocycles. The van der Waals surface area contributed by atoms with Gasteiger partial charge in [0.15, 0.2) is 0 Å². The minimum atomic E-state index is -0.179. The highest BCUT2D eigenvalue weighted by Gasteiger charge is 2.26. The molecule has 0 aliphatic heterocycles.